The van der Waals surface area contributed by atoms with E-state index < -0.39 is 5.41 Å². The third kappa shape index (κ3) is 5.86. The molecule has 3 aromatic heterocycles. The first-order chi connectivity index (χ1) is 15.9. The van der Waals surface area contributed by atoms with Gasteiger partial charge >= 0.3 is 0 Å². The van der Waals surface area contributed by atoms with Gasteiger partial charge in [0, 0.05) is 30.2 Å². The van der Waals surface area contributed by atoms with Crippen LogP contribution in [0.15, 0.2) is 30.3 Å². The van der Waals surface area contributed by atoms with Gasteiger partial charge in [-0.2, -0.15) is 0 Å². The summed E-state index contributed by atoms with van der Waals surface area (Å²) in [5.74, 6) is 0.0792. The van der Waals surface area contributed by atoms with Crippen LogP contribution in [0, 0.1) is 5.41 Å². The molecule has 0 spiro atoms. The Morgan fingerprint density at radius 1 is 0.667 bits per heavy atom. The Hall–Kier alpha value is -3.03. The van der Waals surface area contributed by atoms with Crippen LogP contribution in [0.5, 0.6) is 0 Å². The number of carbonyl (C=O) groups excluding carboxylic acids is 1. The van der Waals surface area contributed by atoms with Gasteiger partial charge in [-0.25, -0.2) is 0 Å². The van der Waals surface area contributed by atoms with E-state index >= 15 is 0 Å². The fourth-order valence-electron chi connectivity index (χ4n) is 3.75. The minimum atomic E-state index is -0.692. The van der Waals surface area contributed by atoms with E-state index in [9.17, 15) is 4.79 Å². The van der Waals surface area contributed by atoms with Gasteiger partial charge in [0.25, 0.3) is 0 Å². The number of ketones is 1. The summed E-state index contributed by atoms with van der Waals surface area (Å²) < 4.78 is 0. The molecule has 0 fully saturated rings. The summed E-state index contributed by atoms with van der Waals surface area (Å²) in [5.41, 5.74) is 17.3. The number of anilines is 3. The van der Waals surface area contributed by atoms with E-state index in [2.05, 4.69) is 30.6 Å². The van der Waals surface area contributed by atoms with Gasteiger partial charge in [0.15, 0.2) is 5.78 Å². The van der Waals surface area contributed by atoms with Crippen LogP contribution in [-0.4, -0.2) is 36.4 Å². The highest BCUT2D eigenvalue weighted by molar-refractivity contribution is 7.15. The molecule has 10 nitrogen and oxygen atoms in total. The smallest absolute Gasteiger partial charge is 0.203 e. The monoisotopic (exact) mass is 501 g/mol. The van der Waals surface area contributed by atoms with E-state index in [4.69, 9.17) is 17.2 Å². The molecule has 0 radical (unpaired) electrons. The van der Waals surface area contributed by atoms with Gasteiger partial charge in [0.05, 0.1) is 0 Å². The average Bonchev–Trinajstić information content (AvgIpc) is 3.55. The zero-order valence-electron chi connectivity index (χ0n) is 17.7. The molecule has 0 saturated carbocycles. The van der Waals surface area contributed by atoms with Crippen molar-refractivity contribution in [2.45, 2.75) is 38.5 Å². The van der Waals surface area contributed by atoms with Crippen molar-refractivity contribution >= 4 is 55.2 Å². The number of Topliss-reactive ketones (excluding diaryl/α,β-unsaturated/α-hetero) is 1. The molecule has 13 heteroatoms. The average molecular weight is 502 g/mol. The van der Waals surface area contributed by atoms with Gasteiger partial charge in [-0.05, 0) is 19.3 Å². The lowest BCUT2D eigenvalue weighted by atomic mass is 9.70. The van der Waals surface area contributed by atoms with Crippen LogP contribution in [0.25, 0.3) is 0 Å². The van der Waals surface area contributed by atoms with E-state index in [1.807, 2.05) is 30.3 Å². The summed E-state index contributed by atoms with van der Waals surface area (Å²) in [5, 5.41) is 27.9. The van der Waals surface area contributed by atoms with Gasteiger partial charge in [-0.1, -0.05) is 64.3 Å². The Labute approximate surface area is 202 Å². The Balaban J connectivity index is 1.65. The number of nitrogens with two attached hydrogens (primary N) is 3. The number of aromatic nitrogens is 6. The first-order valence-corrected chi connectivity index (χ1v) is 12.7. The molecular weight excluding hydrogens is 478 g/mol. The quantitative estimate of drug-likeness (QED) is 0.259. The second-order valence-electron chi connectivity index (χ2n) is 7.58. The van der Waals surface area contributed by atoms with Crippen LogP contribution in [0.1, 0.15) is 44.6 Å². The van der Waals surface area contributed by atoms with Crippen molar-refractivity contribution in [3.05, 3.63) is 50.9 Å². The van der Waals surface area contributed by atoms with Gasteiger partial charge in [-0.15, -0.1) is 30.6 Å². The summed E-state index contributed by atoms with van der Waals surface area (Å²) in [6.45, 7) is 0. The molecule has 4 rings (SSSR count). The first kappa shape index (κ1) is 23.1. The van der Waals surface area contributed by atoms with Crippen LogP contribution in [0.4, 0.5) is 15.4 Å². The predicted octanol–water partition coefficient (Wildman–Crippen LogP) is 3.06. The maximum absolute atomic E-state index is 14.0. The van der Waals surface area contributed by atoms with Gasteiger partial charge in [0.2, 0.25) is 15.4 Å². The molecule has 0 unspecified atom stereocenters. The number of benzene rings is 1. The summed E-state index contributed by atoms with van der Waals surface area (Å²) in [4.78, 5) is 14.0. The molecule has 0 amide bonds. The largest absolute Gasteiger partial charge is 0.374 e. The third-order valence-corrected chi connectivity index (χ3v) is 7.85. The Bertz CT molecular complexity index is 1100. The SMILES string of the molecule is Nc1nnc(CCC(CCc2nnc(N)s2)(CCc2nnc(N)s2)C(=O)c2ccccc2)s1. The number of nitrogen functional groups attached to an aromatic ring is 3. The number of carbonyl (C=O) groups is 1. The first-order valence-electron chi connectivity index (χ1n) is 10.3. The number of rotatable bonds is 11. The zero-order chi connectivity index (χ0) is 23.3. The lowest BCUT2D eigenvalue weighted by Gasteiger charge is -2.32. The van der Waals surface area contributed by atoms with Crippen LogP contribution in [0.2, 0.25) is 0 Å². The Morgan fingerprint density at radius 3 is 1.39 bits per heavy atom. The number of hydrogen-bond donors (Lipinski definition) is 3. The molecule has 6 N–H and O–H groups in total. The number of hydrogen-bond acceptors (Lipinski definition) is 13. The molecule has 3 heterocycles. The minimum Gasteiger partial charge on any atom is -0.374 e. The topological polar surface area (TPSA) is 172 Å². The maximum atomic E-state index is 14.0. The molecule has 0 bridgehead atoms. The highest BCUT2D eigenvalue weighted by Gasteiger charge is 2.38. The molecular formula is C20H23N9OS3. The zero-order valence-corrected chi connectivity index (χ0v) is 20.1. The van der Waals surface area contributed by atoms with Crippen LogP contribution >= 0.6 is 34.0 Å². The summed E-state index contributed by atoms with van der Waals surface area (Å²) in [6, 6.07) is 9.36. The van der Waals surface area contributed by atoms with E-state index in [-0.39, 0.29) is 5.78 Å². The van der Waals surface area contributed by atoms with Crippen molar-refractivity contribution in [1.82, 2.24) is 30.6 Å². The maximum Gasteiger partial charge on any atom is 0.203 e. The normalized spacial score (nSPS) is 11.6. The molecule has 33 heavy (non-hydrogen) atoms. The lowest BCUT2D eigenvalue weighted by molar-refractivity contribution is 0.0738. The lowest BCUT2D eigenvalue weighted by Crippen LogP contribution is -2.33. The van der Waals surface area contributed by atoms with Gasteiger partial charge in [-0.3, -0.25) is 4.79 Å². The number of aryl methyl sites for hydroxylation is 3. The van der Waals surface area contributed by atoms with Crippen molar-refractivity contribution in [3.8, 4) is 0 Å². The fourth-order valence-corrected chi connectivity index (χ4v) is 5.58. The molecule has 0 aliphatic rings. The molecule has 1 aromatic carbocycles. The summed E-state index contributed by atoms with van der Waals surface area (Å²) >= 11 is 4.03. The molecule has 172 valence electrons. The van der Waals surface area contributed by atoms with Crippen LogP contribution < -0.4 is 17.2 Å². The molecule has 4 aromatic rings. The minimum absolute atomic E-state index is 0.0792. The molecule has 0 atom stereocenters. The van der Waals surface area contributed by atoms with E-state index in [1.54, 1.807) is 0 Å². The summed E-state index contributed by atoms with van der Waals surface area (Å²) in [6.07, 6.45) is 3.51. The fraction of sp³-hybridized carbons (Fsp3) is 0.350. The van der Waals surface area contributed by atoms with Crippen LogP contribution in [-0.2, 0) is 19.3 Å². The van der Waals surface area contributed by atoms with Gasteiger partial charge < -0.3 is 17.2 Å². The second kappa shape index (κ2) is 10.3. The Kier molecular flexibility index (Phi) is 7.20. The van der Waals surface area contributed by atoms with Crippen molar-refractivity contribution in [2.75, 3.05) is 17.2 Å². The van der Waals surface area contributed by atoms with Crippen LogP contribution in [0.3, 0.4) is 0 Å². The molecule has 0 aliphatic heterocycles. The van der Waals surface area contributed by atoms with E-state index in [0.29, 0.717) is 59.5 Å². The predicted molar refractivity (Wildman–Crippen MR) is 131 cm³/mol. The Morgan fingerprint density at radius 2 is 1.06 bits per heavy atom. The summed E-state index contributed by atoms with van der Waals surface area (Å²) in [7, 11) is 0. The number of nitrogens with zero attached hydrogens (tertiary/aromatic N) is 6. The van der Waals surface area contributed by atoms with Crippen molar-refractivity contribution < 1.29 is 4.79 Å². The third-order valence-electron chi connectivity index (χ3n) is 5.42. The van der Waals surface area contributed by atoms with E-state index in [0.717, 1.165) is 15.0 Å². The second-order valence-corrected chi connectivity index (χ2v) is 10.9. The molecule has 0 aliphatic carbocycles. The van der Waals surface area contributed by atoms with Crippen molar-refractivity contribution in [2.24, 2.45) is 5.41 Å². The highest BCUT2D eigenvalue weighted by atomic mass is 32.1. The van der Waals surface area contributed by atoms with Crippen molar-refractivity contribution in [3.63, 3.8) is 0 Å². The van der Waals surface area contributed by atoms with Crippen molar-refractivity contribution in [1.29, 1.82) is 0 Å². The highest BCUT2D eigenvalue weighted by Crippen LogP contribution is 2.40. The van der Waals surface area contributed by atoms with E-state index in [1.165, 1.54) is 34.0 Å². The standard InChI is InChI=1S/C20H23N9OS3/c21-17-27-24-13(31-17)6-9-20(10-7-14-25-28-18(22)32-14,11-8-15-26-29-19(23)33-15)16(30)12-4-2-1-3-5-12/h1-5H,6-11H2,(H2,21,27)(H2,22,28)(H2,23,29). The molecule has 0 saturated heterocycles. The van der Waals surface area contributed by atoms with Gasteiger partial charge in [0.1, 0.15) is 15.0 Å².